The van der Waals surface area contributed by atoms with Crippen molar-refractivity contribution in [3.8, 4) is 0 Å². The number of rotatable bonds is 2. The van der Waals surface area contributed by atoms with Gasteiger partial charge in [0.25, 0.3) is 0 Å². The number of hydrogen-bond donors (Lipinski definition) is 2. The summed E-state index contributed by atoms with van der Waals surface area (Å²) in [5, 5.41) is 0. The molecule has 1 fully saturated rings. The van der Waals surface area contributed by atoms with Crippen LogP contribution in [-0.4, -0.2) is 4.98 Å². The molecule has 1 saturated carbocycles. The van der Waals surface area contributed by atoms with Crippen molar-refractivity contribution in [3.63, 3.8) is 0 Å². The number of anilines is 1. The average molecular weight is 163 g/mol. The average Bonchev–Trinajstić information content (AvgIpc) is 2.87. The van der Waals surface area contributed by atoms with Crippen molar-refractivity contribution in [1.29, 1.82) is 0 Å². The third-order valence-electron chi connectivity index (χ3n) is 2.32. The minimum absolute atomic E-state index is 0.165. The quantitative estimate of drug-likeness (QED) is 0.685. The summed E-state index contributed by atoms with van der Waals surface area (Å²) in [5.41, 5.74) is 12.5. The third kappa shape index (κ3) is 1.41. The first-order valence-electron chi connectivity index (χ1n) is 4.24. The third-order valence-corrected chi connectivity index (χ3v) is 2.32. The van der Waals surface area contributed by atoms with E-state index in [4.69, 9.17) is 11.5 Å². The summed E-state index contributed by atoms with van der Waals surface area (Å²) in [6.45, 7) is 0. The smallest absolute Gasteiger partial charge is 0.123 e. The lowest BCUT2D eigenvalue weighted by Crippen LogP contribution is -2.12. The molecule has 3 heteroatoms. The van der Waals surface area contributed by atoms with Crippen LogP contribution in [0.25, 0.3) is 0 Å². The molecule has 0 spiro atoms. The maximum absolute atomic E-state index is 5.97. The molecule has 1 unspecified atom stereocenters. The van der Waals surface area contributed by atoms with Crippen LogP contribution in [0.15, 0.2) is 18.3 Å². The second-order valence-corrected chi connectivity index (χ2v) is 3.38. The normalized spacial score (nSPS) is 19.1. The van der Waals surface area contributed by atoms with Crippen LogP contribution in [0, 0.1) is 5.92 Å². The molecule has 1 aliphatic carbocycles. The molecule has 0 amide bonds. The van der Waals surface area contributed by atoms with E-state index in [-0.39, 0.29) is 6.04 Å². The molecule has 0 aromatic carbocycles. The standard InChI is InChI=1S/C9H13N3/c10-8-4-3-7(5-12-8)9(11)6-1-2-6/h3-6,9H,1-2,11H2,(H2,10,12). The topological polar surface area (TPSA) is 64.9 Å². The lowest BCUT2D eigenvalue weighted by atomic mass is 10.1. The van der Waals surface area contributed by atoms with Gasteiger partial charge in [-0.3, -0.25) is 0 Å². The fourth-order valence-corrected chi connectivity index (χ4v) is 1.34. The van der Waals surface area contributed by atoms with Gasteiger partial charge in [0.2, 0.25) is 0 Å². The molecule has 0 saturated heterocycles. The minimum atomic E-state index is 0.165. The van der Waals surface area contributed by atoms with Crippen LogP contribution in [0.2, 0.25) is 0 Å². The molecule has 1 aromatic rings. The summed E-state index contributed by atoms with van der Waals surface area (Å²) in [5.74, 6) is 1.23. The van der Waals surface area contributed by atoms with Crippen molar-refractivity contribution >= 4 is 5.82 Å². The van der Waals surface area contributed by atoms with Gasteiger partial charge in [0.1, 0.15) is 5.82 Å². The van der Waals surface area contributed by atoms with E-state index < -0.39 is 0 Å². The number of aromatic nitrogens is 1. The van der Waals surface area contributed by atoms with E-state index in [9.17, 15) is 0 Å². The zero-order valence-electron chi connectivity index (χ0n) is 6.90. The molecule has 1 aliphatic rings. The van der Waals surface area contributed by atoms with Gasteiger partial charge in [0.05, 0.1) is 0 Å². The number of nitrogen functional groups attached to an aromatic ring is 1. The van der Waals surface area contributed by atoms with Crippen LogP contribution in [0.1, 0.15) is 24.4 Å². The van der Waals surface area contributed by atoms with E-state index in [0.717, 1.165) is 5.56 Å². The van der Waals surface area contributed by atoms with Crippen molar-refractivity contribution in [2.75, 3.05) is 5.73 Å². The first kappa shape index (κ1) is 7.55. The molecule has 0 bridgehead atoms. The van der Waals surface area contributed by atoms with E-state index in [1.54, 1.807) is 12.3 Å². The van der Waals surface area contributed by atoms with Crippen molar-refractivity contribution in [2.24, 2.45) is 11.7 Å². The van der Waals surface area contributed by atoms with Crippen molar-refractivity contribution in [2.45, 2.75) is 18.9 Å². The molecule has 1 atom stereocenters. The van der Waals surface area contributed by atoms with Crippen molar-refractivity contribution < 1.29 is 0 Å². The Morgan fingerprint density at radius 3 is 2.67 bits per heavy atom. The van der Waals surface area contributed by atoms with Gasteiger partial charge in [0.15, 0.2) is 0 Å². The van der Waals surface area contributed by atoms with Gasteiger partial charge in [0, 0.05) is 12.2 Å². The summed E-state index contributed by atoms with van der Waals surface area (Å²) in [6.07, 6.45) is 4.29. The van der Waals surface area contributed by atoms with E-state index in [2.05, 4.69) is 4.98 Å². The second-order valence-electron chi connectivity index (χ2n) is 3.38. The van der Waals surface area contributed by atoms with Gasteiger partial charge in [-0.05, 0) is 30.4 Å². The van der Waals surface area contributed by atoms with E-state index in [0.29, 0.717) is 11.7 Å². The molecule has 1 heterocycles. The molecule has 12 heavy (non-hydrogen) atoms. The van der Waals surface area contributed by atoms with Crippen LogP contribution in [-0.2, 0) is 0 Å². The van der Waals surface area contributed by atoms with E-state index in [1.165, 1.54) is 12.8 Å². The fourth-order valence-electron chi connectivity index (χ4n) is 1.34. The molecule has 4 N–H and O–H groups in total. The van der Waals surface area contributed by atoms with Crippen LogP contribution in [0.4, 0.5) is 5.82 Å². The Bertz CT molecular complexity index is 264. The summed E-state index contributed by atoms with van der Waals surface area (Å²) >= 11 is 0. The second kappa shape index (κ2) is 2.75. The highest BCUT2D eigenvalue weighted by molar-refractivity contribution is 5.31. The maximum Gasteiger partial charge on any atom is 0.123 e. The van der Waals surface area contributed by atoms with Gasteiger partial charge in [-0.15, -0.1) is 0 Å². The highest BCUT2D eigenvalue weighted by Crippen LogP contribution is 2.39. The van der Waals surface area contributed by atoms with Crippen LogP contribution < -0.4 is 11.5 Å². The summed E-state index contributed by atoms with van der Waals surface area (Å²) in [4.78, 5) is 4.01. The first-order valence-corrected chi connectivity index (χ1v) is 4.24. The first-order chi connectivity index (χ1) is 5.77. The van der Waals surface area contributed by atoms with Crippen LogP contribution >= 0.6 is 0 Å². The molecular formula is C9H13N3. The van der Waals surface area contributed by atoms with Gasteiger partial charge in [-0.1, -0.05) is 6.07 Å². The van der Waals surface area contributed by atoms with Gasteiger partial charge >= 0.3 is 0 Å². The maximum atomic E-state index is 5.97. The number of hydrogen-bond acceptors (Lipinski definition) is 3. The summed E-state index contributed by atoms with van der Waals surface area (Å²) in [7, 11) is 0. The number of pyridine rings is 1. The summed E-state index contributed by atoms with van der Waals surface area (Å²) < 4.78 is 0. The van der Waals surface area contributed by atoms with Crippen LogP contribution in [0.3, 0.4) is 0 Å². The van der Waals surface area contributed by atoms with E-state index in [1.807, 2.05) is 6.07 Å². The number of nitrogens with two attached hydrogens (primary N) is 2. The Hall–Kier alpha value is -1.09. The van der Waals surface area contributed by atoms with Gasteiger partial charge < -0.3 is 11.5 Å². The van der Waals surface area contributed by atoms with E-state index >= 15 is 0 Å². The van der Waals surface area contributed by atoms with Gasteiger partial charge in [-0.2, -0.15) is 0 Å². The zero-order valence-corrected chi connectivity index (χ0v) is 6.90. The van der Waals surface area contributed by atoms with Crippen molar-refractivity contribution in [3.05, 3.63) is 23.9 Å². The monoisotopic (exact) mass is 163 g/mol. The Morgan fingerprint density at radius 1 is 1.42 bits per heavy atom. The molecule has 3 nitrogen and oxygen atoms in total. The Labute approximate surface area is 71.8 Å². The van der Waals surface area contributed by atoms with Gasteiger partial charge in [-0.25, -0.2) is 4.98 Å². The minimum Gasteiger partial charge on any atom is -0.384 e. The number of nitrogens with zero attached hydrogens (tertiary/aromatic N) is 1. The van der Waals surface area contributed by atoms with Crippen molar-refractivity contribution in [1.82, 2.24) is 4.98 Å². The Kier molecular flexibility index (Phi) is 1.73. The zero-order chi connectivity index (χ0) is 8.55. The molecule has 64 valence electrons. The summed E-state index contributed by atoms with van der Waals surface area (Å²) in [6, 6.07) is 3.93. The predicted molar refractivity (Wildman–Crippen MR) is 48.3 cm³/mol. The molecule has 0 aliphatic heterocycles. The SMILES string of the molecule is Nc1ccc(C(N)C2CC2)cn1. The highest BCUT2D eigenvalue weighted by Gasteiger charge is 2.29. The molecule has 1 aromatic heterocycles. The molecule has 2 rings (SSSR count). The predicted octanol–water partition coefficient (Wildman–Crippen LogP) is 1.07. The van der Waals surface area contributed by atoms with Crippen LogP contribution in [0.5, 0.6) is 0 Å². The lowest BCUT2D eigenvalue weighted by Gasteiger charge is -2.09. The highest BCUT2D eigenvalue weighted by atomic mass is 14.8. The lowest BCUT2D eigenvalue weighted by molar-refractivity contribution is 0.631. The molecular weight excluding hydrogens is 150 g/mol. The Balaban J connectivity index is 2.16. The fraction of sp³-hybridized carbons (Fsp3) is 0.444. The Morgan fingerprint density at radius 2 is 2.17 bits per heavy atom. The largest absolute Gasteiger partial charge is 0.384 e. The molecule has 0 radical (unpaired) electrons.